The fraction of sp³-hybridized carbons (Fsp3) is 0.500. The zero-order valence-electron chi connectivity index (χ0n) is 13.0. The molecule has 0 radical (unpaired) electrons. The molecule has 0 fully saturated rings. The molecule has 0 aliphatic carbocycles. The molecule has 1 aromatic heterocycles. The molecule has 0 saturated heterocycles. The Labute approximate surface area is 125 Å². The molecular formula is C14H25N5O2. The molecule has 21 heavy (non-hydrogen) atoms. The van der Waals surface area contributed by atoms with Crippen LogP contribution in [0, 0.1) is 18.8 Å². The molecule has 118 valence electrons. The molecule has 0 saturated carbocycles. The molecule has 1 rings (SSSR count). The number of hydrazone groups is 1. The van der Waals surface area contributed by atoms with Crippen LogP contribution >= 0.6 is 0 Å². The van der Waals surface area contributed by atoms with E-state index in [4.69, 9.17) is 16.6 Å². The zero-order chi connectivity index (χ0) is 16.4. The molecule has 0 bridgehead atoms. The fourth-order valence-electron chi connectivity index (χ4n) is 1.50. The van der Waals surface area contributed by atoms with Gasteiger partial charge in [-0.15, -0.1) is 0 Å². The monoisotopic (exact) mass is 295 g/mol. The molecule has 0 amide bonds. The predicted octanol–water partition coefficient (Wildman–Crippen LogP) is 1.20. The largest absolute Gasteiger partial charge is 0.481 e. The second-order valence-electron chi connectivity index (χ2n) is 4.98. The number of carboxylic acids is 1. The summed E-state index contributed by atoms with van der Waals surface area (Å²) in [6.07, 6.45) is 2.03. The number of nitrogens with two attached hydrogens (primary N) is 2. The number of hydrogen-bond acceptors (Lipinski definition) is 5. The minimum atomic E-state index is -0.829. The molecule has 7 heteroatoms. The molecular weight excluding hydrogens is 270 g/mol. The average Bonchev–Trinajstić information content (AvgIpc) is 2.40. The predicted molar refractivity (Wildman–Crippen MR) is 84.6 cm³/mol. The van der Waals surface area contributed by atoms with Gasteiger partial charge < -0.3 is 22.0 Å². The number of carbonyl (C=O) groups is 1. The van der Waals surface area contributed by atoms with E-state index in [1.54, 1.807) is 19.3 Å². The number of amidine groups is 1. The second-order valence-corrected chi connectivity index (χ2v) is 4.98. The Kier molecular flexibility index (Phi) is 8.52. The summed E-state index contributed by atoms with van der Waals surface area (Å²) in [4.78, 5) is 14.6. The van der Waals surface area contributed by atoms with Gasteiger partial charge in [-0.3, -0.25) is 4.79 Å². The van der Waals surface area contributed by atoms with Crippen LogP contribution in [-0.4, -0.2) is 28.9 Å². The number of pyridine rings is 1. The summed E-state index contributed by atoms with van der Waals surface area (Å²) < 4.78 is 0. The summed E-state index contributed by atoms with van der Waals surface area (Å²) in [5.41, 5.74) is 14.5. The lowest BCUT2D eigenvalue weighted by atomic mass is 9.92. The normalized spacial score (nSPS) is 12.3. The van der Waals surface area contributed by atoms with Gasteiger partial charge in [0.05, 0.1) is 5.92 Å². The number of hydrogen-bond donors (Lipinski definition) is 4. The Bertz CT molecular complexity index is 436. The minimum absolute atomic E-state index is 0.0584. The van der Waals surface area contributed by atoms with Crippen molar-refractivity contribution in [2.75, 3.05) is 12.8 Å². The molecule has 0 spiro atoms. The smallest absolute Gasteiger partial charge is 0.307 e. The highest BCUT2D eigenvalue weighted by molar-refractivity contribution is 5.85. The van der Waals surface area contributed by atoms with Gasteiger partial charge in [-0.1, -0.05) is 19.9 Å². The lowest BCUT2D eigenvalue weighted by molar-refractivity contribution is -0.142. The van der Waals surface area contributed by atoms with Crippen LogP contribution in [0.25, 0.3) is 0 Å². The van der Waals surface area contributed by atoms with Crippen molar-refractivity contribution in [2.24, 2.45) is 22.7 Å². The first-order chi connectivity index (χ1) is 9.77. The third-order valence-corrected chi connectivity index (χ3v) is 2.74. The van der Waals surface area contributed by atoms with Crippen molar-refractivity contribution >= 4 is 17.6 Å². The summed E-state index contributed by atoms with van der Waals surface area (Å²) in [6, 6.07) is 3.72. The second kappa shape index (κ2) is 9.57. The van der Waals surface area contributed by atoms with E-state index < -0.39 is 11.9 Å². The number of anilines is 1. The number of nitrogens with one attached hydrogen (secondary N) is 1. The molecule has 0 aromatic carbocycles. The van der Waals surface area contributed by atoms with Crippen LogP contribution in [-0.2, 0) is 4.79 Å². The Morgan fingerprint density at radius 1 is 1.48 bits per heavy atom. The Hall–Kier alpha value is -2.31. The van der Waals surface area contributed by atoms with E-state index in [-0.39, 0.29) is 12.3 Å². The van der Waals surface area contributed by atoms with E-state index >= 15 is 0 Å². The van der Waals surface area contributed by atoms with Crippen LogP contribution in [0.5, 0.6) is 0 Å². The summed E-state index contributed by atoms with van der Waals surface area (Å²) in [7, 11) is 1.62. The topological polar surface area (TPSA) is 127 Å². The molecule has 0 aliphatic heterocycles. The van der Waals surface area contributed by atoms with Gasteiger partial charge in [0.15, 0.2) is 0 Å². The SMILES string of the molecule is CN/N=C(\N)CC(C(=O)O)C(C)C.Cc1ccc(N)nc1. The molecule has 1 atom stereocenters. The number of aryl methyl sites for hydroxylation is 1. The van der Waals surface area contributed by atoms with E-state index in [9.17, 15) is 4.79 Å². The quantitative estimate of drug-likeness (QED) is 0.367. The maximum Gasteiger partial charge on any atom is 0.307 e. The van der Waals surface area contributed by atoms with E-state index in [0.717, 1.165) is 5.56 Å². The van der Waals surface area contributed by atoms with Crippen molar-refractivity contribution in [3.05, 3.63) is 23.9 Å². The van der Waals surface area contributed by atoms with Crippen LogP contribution in [0.4, 0.5) is 5.82 Å². The van der Waals surface area contributed by atoms with Crippen LogP contribution < -0.4 is 16.9 Å². The summed E-state index contributed by atoms with van der Waals surface area (Å²) in [6.45, 7) is 5.68. The van der Waals surface area contributed by atoms with E-state index in [0.29, 0.717) is 11.7 Å². The minimum Gasteiger partial charge on any atom is -0.481 e. The van der Waals surface area contributed by atoms with Crippen molar-refractivity contribution in [3.63, 3.8) is 0 Å². The fourth-order valence-corrected chi connectivity index (χ4v) is 1.50. The zero-order valence-corrected chi connectivity index (χ0v) is 13.0. The molecule has 1 heterocycles. The number of nitrogen functional groups attached to an aromatic ring is 1. The Morgan fingerprint density at radius 3 is 2.43 bits per heavy atom. The third kappa shape index (κ3) is 8.46. The maximum atomic E-state index is 10.7. The summed E-state index contributed by atoms with van der Waals surface area (Å²) in [5, 5.41) is 12.5. The van der Waals surface area contributed by atoms with Crippen LogP contribution in [0.2, 0.25) is 0 Å². The highest BCUT2D eigenvalue weighted by Crippen LogP contribution is 2.14. The number of rotatable bonds is 5. The van der Waals surface area contributed by atoms with Gasteiger partial charge in [0.25, 0.3) is 0 Å². The van der Waals surface area contributed by atoms with Crippen molar-refractivity contribution in [3.8, 4) is 0 Å². The van der Waals surface area contributed by atoms with Crippen LogP contribution in [0.3, 0.4) is 0 Å². The van der Waals surface area contributed by atoms with Gasteiger partial charge in [-0.2, -0.15) is 5.10 Å². The standard InChI is InChI=1S/C8H17N3O2.C6H8N2/c1-5(2)6(8(12)13)4-7(9)11-10-3;1-5-2-3-6(7)8-4-5/h5-6,10H,4H2,1-3H3,(H2,9,11)(H,12,13);2-4H,1H3,(H2,7,8). The molecule has 1 unspecified atom stereocenters. The maximum absolute atomic E-state index is 10.7. The van der Waals surface area contributed by atoms with Crippen molar-refractivity contribution in [2.45, 2.75) is 27.2 Å². The van der Waals surface area contributed by atoms with Gasteiger partial charge in [-0.05, 0) is 24.5 Å². The van der Waals surface area contributed by atoms with Crippen molar-refractivity contribution in [1.29, 1.82) is 0 Å². The van der Waals surface area contributed by atoms with Crippen molar-refractivity contribution in [1.82, 2.24) is 10.4 Å². The summed E-state index contributed by atoms with van der Waals surface area (Å²) in [5.74, 6) is -0.330. The lowest BCUT2D eigenvalue weighted by Gasteiger charge is -2.15. The first-order valence-corrected chi connectivity index (χ1v) is 6.67. The molecule has 7 nitrogen and oxygen atoms in total. The first-order valence-electron chi connectivity index (χ1n) is 6.67. The van der Waals surface area contributed by atoms with Crippen LogP contribution in [0.1, 0.15) is 25.8 Å². The van der Waals surface area contributed by atoms with Gasteiger partial charge in [0.1, 0.15) is 11.7 Å². The van der Waals surface area contributed by atoms with E-state index in [1.165, 1.54) is 0 Å². The average molecular weight is 295 g/mol. The van der Waals surface area contributed by atoms with Crippen molar-refractivity contribution < 1.29 is 9.90 Å². The van der Waals surface area contributed by atoms with Gasteiger partial charge in [0.2, 0.25) is 0 Å². The molecule has 6 N–H and O–H groups in total. The highest BCUT2D eigenvalue weighted by Gasteiger charge is 2.22. The van der Waals surface area contributed by atoms with E-state index in [1.807, 2.05) is 26.8 Å². The molecule has 1 aromatic rings. The van der Waals surface area contributed by atoms with Gasteiger partial charge in [-0.25, -0.2) is 4.98 Å². The lowest BCUT2D eigenvalue weighted by Crippen LogP contribution is -2.27. The number of aromatic nitrogens is 1. The van der Waals surface area contributed by atoms with Gasteiger partial charge in [0, 0.05) is 19.7 Å². The Balaban J connectivity index is 0.000000423. The summed E-state index contributed by atoms with van der Waals surface area (Å²) >= 11 is 0. The number of carboxylic acid groups (broad SMARTS) is 1. The Morgan fingerprint density at radius 2 is 2.10 bits per heavy atom. The van der Waals surface area contributed by atoms with Gasteiger partial charge >= 0.3 is 5.97 Å². The third-order valence-electron chi connectivity index (χ3n) is 2.74. The highest BCUT2D eigenvalue weighted by atomic mass is 16.4. The van der Waals surface area contributed by atoms with Crippen LogP contribution in [0.15, 0.2) is 23.4 Å². The number of nitrogens with zero attached hydrogens (tertiary/aromatic N) is 2. The number of aliphatic carboxylic acids is 1. The first kappa shape index (κ1) is 18.7. The van der Waals surface area contributed by atoms with E-state index in [2.05, 4.69) is 15.5 Å². The molecule has 0 aliphatic rings.